The molecule has 2 N–H and O–H groups in total. The molecule has 2 saturated heterocycles. The van der Waals surface area contributed by atoms with Gasteiger partial charge in [-0.15, -0.1) is 0 Å². The van der Waals surface area contributed by atoms with Gasteiger partial charge < -0.3 is 20.3 Å². The summed E-state index contributed by atoms with van der Waals surface area (Å²) in [5.74, 6) is -0.240. The van der Waals surface area contributed by atoms with Gasteiger partial charge in [-0.05, 0) is 50.3 Å². The summed E-state index contributed by atoms with van der Waals surface area (Å²) in [6, 6.07) is 5.58. The highest BCUT2D eigenvalue weighted by atomic mass is 35.5. The molecule has 1 aromatic carbocycles. The largest absolute Gasteiger partial charge is 0.467 e. The molecule has 0 bridgehead atoms. The standard InChI is InChI=1S/C27H33ClN6O5S/c1-16-13-34-24(30-25(16)33-14-19(29)11-23(33)27(36)39-2)12-21(31-34)22-6-4-5-9-32(22)26(35)20-10-18(28)8-7-17(20)15-40(3,37)38/h7-8,10,12-13,19,22-23H,4-6,9,11,14-15,29H2,1-3H3/t19-,22+,23-/m1/s1. The summed E-state index contributed by atoms with van der Waals surface area (Å²) in [4.78, 5) is 34.8. The van der Waals surface area contributed by atoms with Gasteiger partial charge in [0.25, 0.3) is 5.91 Å². The fraction of sp³-hybridized carbons (Fsp3) is 0.481. The van der Waals surface area contributed by atoms with Crippen molar-refractivity contribution >= 4 is 44.8 Å². The number of sulfone groups is 1. The number of nitrogens with two attached hydrogens (primary N) is 1. The van der Waals surface area contributed by atoms with E-state index in [0.717, 1.165) is 24.7 Å². The van der Waals surface area contributed by atoms with Crippen LogP contribution in [0.25, 0.3) is 5.65 Å². The summed E-state index contributed by atoms with van der Waals surface area (Å²) in [6.45, 7) is 2.89. The van der Waals surface area contributed by atoms with E-state index < -0.39 is 15.9 Å². The first-order valence-corrected chi connectivity index (χ1v) is 15.6. The van der Waals surface area contributed by atoms with Gasteiger partial charge in [0, 0.05) is 53.8 Å². The summed E-state index contributed by atoms with van der Waals surface area (Å²) in [5, 5.41) is 5.14. The molecule has 5 rings (SSSR count). The predicted molar refractivity (Wildman–Crippen MR) is 151 cm³/mol. The van der Waals surface area contributed by atoms with Gasteiger partial charge in [-0.25, -0.2) is 22.7 Å². The van der Waals surface area contributed by atoms with Gasteiger partial charge in [0.2, 0.25) is 0 Å². The van der Waals surface area contributed by atoms with E-state index in [4.69, 9.17) is 32.2 Å². The fourth-order valence-corrected chi connectivity index (χ4v) is 6.72. The number of esters is 1. The Morgan fingerprint density at radius 2 is 2.00 bits per heavy atom. The lowest BCUT2D eigenvalue weighted by atomic mass is 9.97. The number of carbonyl (C=O) groups is 2. The smallest absolute Gasteiger partial charge is 0.328 e. The van der Waals surface area contributed by atoms with E-state index in [9.17, 15) is 18.0 Å². The van der Waals surface area contributed by atoms with E-state index in [1.54, 1.807) is 21.5 Å². The maximum absolute atomic E-state index is 13.9. The molecule has 3 atom stereocenters. The minimum Gasteiger partial charge on any atom is -0.467 e. The first-order valence-electron chi connectivity index (χ1n) is 13.2. The van der Waals surface area contributed by atoms with Gasteiger partial charge in [-0.2, -0.15) is 5.10 Å². The molecule has 2 aliphatic heterocycles. The van der Waals surface area contributed by atoms with Crippen LogP contribution < -0.4 is 10.6 Å². The second kappa shape index (κ2) is 11.0. The van der Waals surface area contributed by atoms with Crippen LogP contribution in [0.1, 0.15) is 58.9 Å². The van der Waals surface area contributed by atoms with Crippen molar-refractivity contribution in [1.29, 1.82) is 0 Å². The van der Waals surface area contributed by atoms with Gasteiger partial charge in [0.05, 0.1) is 24.6 Å². The van der Waals surface area contributed by atoms with Crippen molar-refractivity contribution in [2.75, 3.05) is 31.4 Å². The van der Waals surface area contributed by atoms with Crippen molar-refractivity contribution in [3.05, 3.63) is 57.9 Å². The Kier molecular flexibility index (Phi) is 7.77. The number of methoxy groups -OCH3 is 1. The van der Waals surface area contributed by atoms with Crippen molar-refractivity contribution in [2.45, 2.75) is 56.5 Å². The van der Waals surface area contributed by atoms with Gasteiger partial charge >= 0.3 is 5.97 Å². The molecule has 2 fully saturated rings. The monoisotopic (exact) mass is 588 g/mol. The SMILES string of the molecule is COC(=O)[C@H]1C[C@@H](N)CN1c1nc2cc([C@@H]3CCCCN3C(=O)c3cc(Cl)ccc3CS(C)(=O)=O)nn2cc1C. The zero-order chi connectivity index (χ0) is 28.8. The molecule has 40 heavy (non-hydrogen) atoms. The number of nitrogens with zero attached hydrogens (tertiary/aromatic N) is 5. The van der Waals surface area contributed by atoms with Gasteiger partial charge in [-0.1, -0.05) is 17.7 Å². The number of hydrogen-bond acceptors (Lipinski definition) is 9. The van der Waals surface area contributed by atoms with E-state index in [1.165, 1.54) is 13.2 Å². The topological polar surface area (TPSA) is 140 Å². The van der Waals surface area contributed by atoms with Gasteiger partial charge in [0.15, 0.2) is 15.5 Å². The Labute approximate surface area is 238 Å². The van der Waals surface area contributed by atoms with E-state index in [2.05, 4.69) is 0 Å². The summed E-state index contributed by atoms with van der Waals surface area (Å²) in [7, 11) is -2.01. The van der Waals surface area contributed by atoms with E-state index in [0.29, 0.717) is 53.7 Å². The predicted octanol–water partition coefficient (Wildman–Crippen LogP) is 2.68. The lowest BCUT2D eigenvalue weighted by Gasteiger charge is -2.35. The highest BCUT2D eigenvalue weighted by Gasteiger charge is 2.38. The third-order valence-electron chi connectivity index (χ3n) is 7.53. The summed E-state index contributed by atoms with van der Waals surface area (Å²) >= 11 is 6.22. The molecule has 4 heterocycles. The number of anilines is 1. The number of fused-ring (bicyclic) bond motifs is 1. The molecule has 0 spiro atoms. The van der Waals surface area contributed by atoms with E-state index >= 15 is 0 Å². The Morgan fingerprint density at radius 3 is 2.73 bits per heavy atom. The van der Waals surface area contributed by atoms with Gasteiger partial charge in [-0.3, -0.25) is 4.79 Å². The minimum absolute atomic E-state index is 0.178. The number of ether oxygens (including phenoxy) is 1. The van der Waals surface area contributed by atoms with Crippen LogP contribution in [0.15, 0.2) is 30.5 Å². The Morgan fingerprint density at radius 1 is 1.23 bits per heavy atom. The summed E-state index contributed by atoms with van der Waals surface area (Å²) < 4.78 is 30.8. The minimum atomic E-state index is -3.37. The van der Waals surface area contributed by atoms with Crippen LogP contribution in [0, 0.1) is 6.92 Å². The molecule has 3 aromatic rings. The van der Waals surface area contributed by atoms with Crippen LogP contribution in [0.3, 0.4) is 0 Å². The molecule has 11 nitrogen and oxygen atoms in total. The molecule has 0 saturated carbocycles. The average molecular weight is 589 g/mol. The average Bonchev–Trinajstić information content (AvgIpc) is 3.50. The van der Waals surface area contributed by atoms with Crippen molar-refractivity contribution in [3.63, 3.8) is 0 Å². The van der Waals surface area contributed by atoms with Crippen LogP contribution >= 0.6 is 11.6 Å². The molecule has 13 heteroatoms. The van der Waals surface area contributed by atoms with Crippen molar-refractivity contribution in [3.8, 4) is 0 Å². The highest BCUT2D eigenvalue weighted by Crippen LogP contribution is 2.34. The number of amides is 1. The first-order chi connectivity index (χ1) is 18.9. The first kappa shape index (κ1) is 28.3. The van der Waals surface area contributed by atoms with Crippen LogP contribution in [0.2, 0.25) is 5.02 Å². The number of aryl methyl sites for hydroxylation is 1. The molecule has 2 aromatic heterocycles. The van der Waals surface area contributed by atoms with E-state index in [1.807, 2.05) is 24.1 Å². The van der Waals surface area contributed by atoms with Crippen molar-refractivity contribution < 1.29 is 22.7 Å². The lowest BCUT2D eigenvalue weighted by molar-refractivity contribution is -0.142. The second-order valence-corrected chi connectivity index (χ2v) is 13.3. The quantitative estimate of drug-likeness (QED) is 0.430. The number of halogens is 1. The lowest BCUT2D eigenvalue weighted by Crippen LogP contribution is -2.39. The van der Waals surface area contributed by atoms with E-state index in [-0.39, 0.29) is 35.3 Å². The summed E-state index contributed by atoms with van der Waals surface area (Å²) in [5.41, 5.74) is 8.97. The van der Waals surface area contributed by atoms with Crippen LogP contribution in [-0.4, -0.2) is 78.3 Å². The number of hydrogen-bond donors (Lipinski definition) is 1. The molecule has 1 amide bonds. The Hall–Kier alpha value is -3.22. The molecule has 214 valence electrons. The number of carbonyl (C=O) groups excluding carboxylic acids is 2. The third-order valence-corrected chi connectivity index (χ3v) is 8.60. The fourth-order valence-electron chi connectivity index (χ4n) is 5.73. The molecular formula is C27H33ClN6O5S. The second-order valence-electron chi connectivity index (χ2n) is 10.7. The van der Waals surface area contributed by atoms with Crippen LogP contribution in [0.5, 0.6) is 0 Å². The Balaban J connectivity index is 1.49. The molecular weight excluding hydrogens is 556 g/mol. The number of piperidine rings is 1. The van der Waals surface area contributed by atoms with Crippen LogP contribution in [0.4, 0.5) is 5.82 Å². The maximum Gasteiger partial charge on any atom is 0.328 e. The molecule has 0 unspecified atom stereocenters. The van der Waals surface area contributed by atoms with Crippen molar-refractivity contribution in [1.82, 2.24) is 19.5 Å². The Bertz CT molecular complexity index is 1570. The highest BCUT2D eigenvalue weighted by molar-refractivity contribution is 7.89. The number of likely N-dealkylation sites (tertiary alicyclic amines) is 1. The number of aromatic nitrogens is 3. The molecule has 0 aliphatic carbocycles. The van der Waals surface area contributed by atoms with Gasteiger partial charge in [0.1, 0.15) is 11.9 Å². The zero-order valence-electron chi connectivity index (χ0n) is 22.7. The van der Waals surface area contributed by atoms with Crippen molar-refractivity contribution in [2.24, 2.45) is 5.73 Å². The number of benzene rings is 1. The normalized spacial score (nSPS) is 21.7. The maximum atomic E-state index is 13.9. The summed E-state index contributed by atoms with van der Waals surface area (Å²) in [6.07, 6.45) is 5.92. The molecule has 2 aliphatic rings. The third kappa shape index (κ3) is 5.65. The van der Waals surface area contributed by atoms with Crippen LogP contribution in [-0.2, 0) is 25.1 Å². The zero-order valence-corrected chi connectivity index (χ0v) is 24.3. The molecule has 0 radical (unpaired) electrons. The number of rotatable bonds is 6.